The van der Waals surface area contributed by atoms with E-state index >= 15 is 0 Å². The molecule has 1 aliphatic rings. The van der Waals surface area contributed by atoms with E-state index in [0.717, 1.165) is 22.5 Å². The highest BCUT2D eigenvalue weighted by Gasteiger charge is 2.39. The Morgan fingerprint density at radius 1 is 1.45 bits per heavy atom. The average Bonchev–Trinajstić information content (AvgIpc) is 2.72. The zero-order chi connectivity index (χ0) is 14.3. The van der Waals surface area contributed by atoms with Crippen molar-refractivity contribution in [3.05, 3.63) is 16.8 Å². The van der Waals surface area contributed by atoms with E-state index in [1.165, 1.54) is 10.4 Å². The van der Waals surface area contributed by atoms with Gasteiger partial charge in [-0.2, -0.15) is 0 Å². The average molecular weight is 292 g/mol. The standard InChI is InChI=1S/C14H20N4OS/c1-4-19-10-5-9(15)12(10)18-13-11-7(2)8(3)20-14(11)17-6-16-13/h6,9-10,12H,4-5,15H2,1-3H3,(H,16,17,18). The number of aryl methyl sites for hydroxylation is 2. The van der Waals surface area contributed by atoms with Crippen LogP contribution in [-0.2, 0) is 4.74 Å². The molecule has 1 fully saturated rings. The number of hydrogen-bond donors (Lipinski definition) is 2. The van der Waals surface area contributed by atoms with Gasteiger partial charge >= 0.3 is 0 Å². The van der Waals surface area contributed by atoms with E-state index < -0.39 is 0 Å². The Morgan fingerprint density at radius 3 is 2.95 bits per heavy atom. The first-order chi connectivity index (χ1) is 9.61. The molecule has 0 spiro atoms. The Labute approximate surface area is 122 Å². The molecule has 2 aromatic heterocycles. The van der Waals surface area contributed by atoms with Crippen LogP contribution in [0.25, 0.3) is 10.2 Å². The number of anilines is 1. The highest BCUT2D eigenvalue weighted by Crippen LogP contribution is 2.34. The summed E-state index contributed by atoms with van der Waals surface area (Å²) in [6, 6.07) is 0.254. The predicted octanol–water partition coefficient (Wildman–Crippen LogP) is 2.22. The van der Waals surface area contributed by atoms with Gasteiger partial charge in [-0.15, -0.1) is 11.3 Å². The third-order valence-electron chi connectivity index (χ3n) is 4.02. The number of nitrogens with zero attached hydrogens (tertiary/aromatic N) is 2. The van der Waals surface area contributed by atoms with E-state index in [9.17, 15) is 0 Å². The number of fused-ring (bicyclic) bond motifs is 1. The van der Waals surface area contributed by atoms with E-state index in [4.69, 9.17) is 10.5 Å². The molecule has 1 saturated carbocycles. The lowest BCUT2D eigenvalue weighted by Crippen LogP contribution is -2.60. The van der Waals surface area contributed by atoms with Crippen LogP contribution in [-0.4, -0.2) is 34.8 Å². The van der Waals surface area contributed by atoms with Gasteiger partial charge in [-0.1, -0.05) is 0 Å². The fraction of sp³-hybridized carbons (Fsp3) is 0.571. The fourth-order valence-corrected chi connectivity index (χ4v) is 3.67. The van der Waals surface area contributed by atoms with Crippen molar-refractivity contribution in [2.45, 2.75) is 45.4 Å². The van der Waals surface area contributed by atoms with Crippen molar-refractivity contribution in [3.8, 4) is 0 Å². The van der Waals surface area contributed by atoms with Gasteiger partial charge in [0.1, 0.15) is 17.0 Å². The monoisotopic (exact) mass is 292 g/mol. The number of ether oxygens (including phenoxy) is 1. The summed E-state index contributed by atoms with van der Waals surface area (Å²) in [5, 5.41) is 4.58. The van der Waals surface area contributed by atoms with E-state index in [2.05, 4.69) is 29.1 Å². The maximum atomic E-state index is 6.10. The van der Waals surface area contributed by atoms with Crippen LogP contribution in [0, 0.1) is 13.8 Å². The van der Waals surface area contributed by atoms with Crippen molar-refractivity contribution in [2.24, 2.45) is 5.73 Å². The molecular formula is C14H20N4OS. The molecule has 0 saturated heterocycles. The summed E-state index contributed by atoms with van der Waals surface area (Å²) >= 11 is 1.70. The maximum absolute atomic E-state index is 6.10. The van der Waals surface area contributed by atoms with Gasteiger partial charge in [-0.3, -0.25) is 0 Å². The molecule has 5 nitrogen and oxygen atoms in total. The lowest BCUT2D eigenvalue weighted by molar-refractivity contribution is -0.0126. The summed E-state index contributed by atoms with van der Waals surface area (Å²) in [6.45, 7) is 6.95. The second-order valence-corrected chi connectivity index (χ2v) is 6.45. The minimum Gasteiger partial charge on any atom is -0.376 e. The van der Waals surface area contributed by atoms with Gasteiger partial charge < -0.3 is 15.8 Å². The molecule has 0 amide bonds. The Balaban J connectivity index is 1.91. The summed E-state index contributed by atoms with van der Waals surface area (Å²) in [4.78, 5) is 11.1. The molecule has 6 heteroatoms. The summed E-state index contributed by atoms with van der Waals surface area (Å²) in [7, 11) is 0. The fourth-order valence-electron chi connectivity index (χ4n) is 2.68. The van der Waals surface area contributed by atoms with Crippen molar-refractivity contribution in [3.63, 3.8) is 0 Å². The van der Waals surface area contributed by atoms with Crippen LogP contribution in [0.4, 0.5) is 5.82 Å². The van der Waals surface area contributed by atoms with Gasteiger partial charge in [-0.05, 0) is 32.8 Å². The van der Waals surface area contributed by atoms with E-state index in [0.29, 0.717) is 6.61 Å². The minimum atomic E-state index is 0.122. The lowest BCUT2D eigenvalue weighted by atomic mass is 9.83. The second kappa shape index (κ2) is 5.27. The highest BCUT2D eigenvalue weighted by molar-refractivity contribution is 7.18. The van der Waals surface area contributed by atoms with Crippen molar-refractivity contribution in [1.29, 1.82) is 0 Å². The molecule has 2 heterocycles. The molecule has 1 aliphatic carbocycles. The number of rotatable bonds is 4. The van der Waals surface area contributed by atoms with Crippen LogP contribution < -0.4 is 11.1 Å². The van der Waals surface area contributed by atoms with Gasteiger partial charge in [-0.25, -0.2) is 9.97 Å². The Bertz CT molecular complexity index is 625. The molecule has 20 heavy (non-hydrogen) atoms. The molecule has 3 rings (SSSR count). The van der Waals surface area contributed by atoms with Crippen LogP contribution >= 0.6 is 11.3 Å². The molecule has 2 aromatic rings. The molecule has 0 aromatic carbocycles. The van der Waals surface area contributed by atoms with Crippen LogP contribution in [0.1, 0.15) is 23.8 Å². The zero-order valence-corrected chi connectivity index (χ0v) is 12.8. The van der Waals surface area contributed by atoms with Crippen molar-refractivity contribution in [2.75, 3.05) is 11.9 Å². The summed E-state index contributed by atoms with van der Waals surface area (Å²) in [5.41, 5.74) is 7.34. The predicted molar refractivity (Wildman–Crippen MR) is 82.3 cm³/mol. The Hall–Kier alpha value is -1.24. The maximum Gasteiger partial charge on any atom is 0.138 e. The largest absolute Gasteiger partial charge is 0.376 e. The quantitative estimate of drug-likeness (QED) is 0.904. The molecule has 0 aliphatic heterocycles. The number of nitrogens with one attached hydrogen (secondary N) is 1. The van der Waals surface area contributed by atoms with Gasteiger partial charge in [0.15, 0.2) is 0 Å². The van der Waals surface area contributed by atoms with Gasteiger partial charge in [0.05, 0.1) is 17.5 Å². The van der Waals surface area contributed by atoms with E-state index in [1.807, 2.05) is 6.92 Å². The van der Waals surface area contributed by atoms with Crippen LogP contribution in [0.2, 0.25) is 0 Å². The molecule has 3 unspecified atom stereocenters. The summed E-state index contributed by atoms with van der Waals surface area (Å²) < 4.78 is 5.70. The normalized spacial score (nSPS) is 25.7. The van der Waals surface area contributed by atoms with Crippen molar-refractivity contribution < 1.29 is 4.74 Å². The third-order valence-corrected chi connectivity index (χ3v) is 5.13. The molecule has 3 N–H and O–H groups in total. The highest BCUT2D eigenvalue weighted by atomic mass is 32.1. The zero-order valence-electron chi connectivity index (χ0n) is 12.0. The van der Waals surface area contributed by atoms with Gasteiger partial charge in [0.2, 0.25) is 0 Å². The Morgan fingerprint density at radius 2 is 2.25 bits per heavy atom. The third kappa shape index (κ3) is 2.17. The van der Waals surface area contributed by atoms with Gasteiger partial charge in [0, 0.05) is 17.5 Å². The van der Waals surface area contributed by atoms with E-state index in [1.54, 1.807) is 17.7 Å². The smallest absolute Gasteiger partial charge is 0.138 e. The first kappa shape index (κ1) is 13.7. The molecule has 108 valence electrons. The number of aromatic nitrogens is 2. The summed E-state index contributed by atoms with van der Waals surface area (Å²) in [5.74, 6) is 0.877. The number of nitrogens with two attached hydrogens (primary N) is 1. The van der Waals surface area contributed by atoms with Crippen molar-refractivity contribution >= 4 is 27.4 Å². The van der Waals surface area contributed by atoms with Crippen LogP contribution in [0.5, 0.6) is 0 Å². The molecule has 0 radical (unpaired) electrons. The first-order valence-electron chi connectivity index (χ1n) is 6.96. The minimum absolute atomic E-state index is 0.122. The van der Waals surface area contributed by atoms with E-state index in [-0.39, 0.29) is 18.2 Å². The molecule has 0 bridgehead atoms. The molecular weight excluding hydrogens is 272 g/mol. The van der Waals surface area contributed by atoms with Crippen LogP contribution in [0.15, 0.2) is 6.33 Å². The number of thiophene rings is 1. The van der Waals surface area contributed by atoms with Crippen LogP contribution in [0.3, 0.4) is 0 Å². The lowest BCUT2D eigenvalue weighted by Gasteiger charge is -2.42. The molecule has 3 atom stereocenters. The number of hydrogen-bond acceptors (Lipinski definition) is 6. The first-order valence-corrected chi connectivity index (χ1v) is 7.78. The van der Waals surface area contributed by atoms with Crippen molar-refractivity contribution in [1.82, 2.24) is 9.97 Å². The Kier molecular flexibility index (Phi) is 3.62. The topological polar surface area (TPSA) is 73.1 Å². The SMILES string of the molecule is CCOC1CC(N)C1Nc1ncnc2sc(C)c(C)c12. The van der Waals surface area contributed by atoms with Gasteiger partial charge in [0.25, 0.3) is 0 Å². The second-order valence-electron chi connectivity index (χ2n) is 5.25. The summed E-state index contributed by atoms with van der Waals surface area (Å²) in [6.07, 6.45) is 2.70.